The molecule has 18 heavy (non-hydrogen) atoms. The SMILES string of the molecule is CCCCCCCCCCC#CC(Br)(OC)OC. The van der Waals surface area contributed by atoms with E-state index in [1.807, 2.05) is 0 Å². The van der Waals surface area contributed by atoms with Crippen molar-refractivity contribution >= 4 is 15.9 Å². The molecule has 0 aliphatic carbocycles. The Hall–Kier alpha value is -0.0400. The van der Waals surface area contributed by atoms with Gasteiger partial charge in [-0.2, -0.15) is 0 Å². The van der Waals surface area contributed by atoms with Crippen molar-refractivity contribution in [3.8, 4) is 11.8 Å². The van der Waals surface area contributed by atoms with Crippen LogP contribution < -0.4 is 0 Å². The van der Waals surface area contributed by atoms with Crippen LogP contribution in [0.2, 0.25) is 0 Å². The maximum absolute atomic E-state index is 5.09. The van der Waals surface area contributed by atoms with Crippen LogP contribution in [0, 0.1) is 11.8 Å². The topological polar surface area (TPSA) is 18.5 Å². The Bertz CT molecular complexity index is 239. The maximum atomic E-state index is 5.09. The highest BCUT2D eigenvalue weighted by Gasteiger charge is 2.21. The number of unbranched alkanes of at least 4 members (excludes halogenated alkanes) is 8. The van der Waals surface area contributed by atoms with E-state index in [0.29, 0.717) is 0 Å². The van der Waals surface area contributed by atoms with E-state index in [-0.39, 0.29) is 0 Å². The molecule has 0 aromatic rings. The number of alkyl halides is 1. The molecule has 0 unspecified atom stereocenters. The molecule has 2 nitrogen and oxygen atoms in total. The van der Waals surface area contributed by atoms with E-state index in [9.17, 15) is 0 Å². The third-order valence-corrected chi connectivity index (χ3v) is 3.76. The largest absolute Gasteiger partial charge is 0.334 e. The zero-order valence-corrected chi connectivity index (χ0v) is 13.6. The van der Waals surface area contributed by atoms with Crippen molar-refractivity contribution in [3.63, 3.8) is 0 Å². The third-order valence-electron chi connectivity index (χ3n) is 2.92. The van der Waals surface area contributed by atoms with Crippen molar-refractivity contribution in [2.45, 2.75) is 69.4 Å². The monoisotopic (exact) mass is 318 g/mol. The van der Waals surface area contributed by atoms with Crippen LogP contribution in [-0.4, -0.2) is 18.9 Å². The molecule has 106 valence electrons. The van der Waals surface area contributed by atoms with Crippen molar-refractivity contribution < 1.29 is 9.47 Å². The smallest absolute Gasteiger partial charge is 0.292 e. The second-order valence-electron chi connectivity index (χ2n) is 4.47. The van der Waals surface area contributed by atoms with Crippen molar-refractivity contribution in [1.82, 2.24) is 0 Å². The van der Waals surface area contributed by atoms with Gasteiger partial charge < -0.3 is 9.47 Å². The summed E-state index contributed by atoms with van der Waals surface area (Å²) in [6.45, 7) is 2.25. The summed E-state index contributed by atoms with van der Waals surface area (Å²) in [5, 5.41) is 0. The molecule has 0 radical (unpaired) electrons. The van der Waals surface area contributed by atoms with Crippen molar-refractivity contribution in [2.24, 2.45) is 0 Å². The fraction of sp³-hybridized carbons (Fsp3) is 0.867. The molecular weight excluding hydrogens is 292 g/mol. The summed E-state index contributed by atoms with van der Waals surface area (Å²) in [5.41, 5.74) is 0. The number of ether oxygens (including phenoxy) is 2. The van der Waals surface area contributed by atoms with Crippen molar-refractivity contribution in [3.05, 3.63) is 0 Å². The Kier molecular flexibility index (Phi) is 12.0. The van der Waals surface area contributed by atoms with Crippen LogP contribution in [0.25, 0.3) is 0 Å². The van der Waals surface area contributed by atoms with Crippen LogP contribution in [0.5, 0.6) is 0 Å². The van der Waals surface area contributed by atoms with Crippen LogP contribution in [-0.2, 0) is 9.47 Å². The summed E-state index contributed by atoms with van der Waals surface area (Å²) in [6.07, 6.45) is 11.5. The lowest BCUT2D eigenvalue weighted by Gasteiger charge is -2.16. The summed E-state index contributed by atoms with van der Waals surface area (Å²) >= 11 is 3.28. The predicted molar refractivity (Wildman–Crippen MR) is 80.7 cm³/mol. The van der Waals surface area contributed by atoms with E-state index in [2.05, 4.69) is 34.7 Å². The molecule has 0 aliphatic rings. The fourth-order valence-electron chi connectivity index (χ4n) is 1.70. The van der Waals surface area contributed by atoms with Crippen molar-refractivity contribution in [2.75, 3.05) is 14.2 Å². The summed E-state index contributed by atoms with van der Waals surface area (Å²) in [6, 6.07) is 0. The molecule has 0 bridgehead atoms. The first-order valence-corrected chi connectivity index (χ1v) is 7.77. The zero-order chi connectivity index (χ0) is 13.7. The minimum absolute atomic E-state index is 0.912. The Balaban J connectivity index is 3.43. The summed E-state index contributed by atoms with van der Waals surface area (Å²) < 4.78 is 9.26. The van der Waals surface area contributed by atoms with Gasteiger partial charge in [0.05, 0.1) is 0 Å². The average Bonchev–Trinajstić information content (AvgIpc) is 2.40. The molecule has 0 aromatic carbocycles. The lowest BCUT2D eigenvalue weighted by Crippen LogP contribution is -2.22. The Morgan fingerprint density at radius 2 is 1.39 bits per heavy atom. The van der Waals surface area contributed by atoms with E-state index in [1.54, 1.807) is 14.2 Å². The van der Waals surface area contributed by atoms with Crippen LogP contribution in [0.3, 0.4) is 0 Å². The molecule has 0 fully saturated rings. The van der Waals surface area contributed by atoms with Crippen LogP contribution in [0.4, 0.5) is 0 Å². The van der Waals surface area contributed by atoms with Gasteiger partial charge in [0, 0.05) is 20.6 Å². The quantitative estimate of drug-likeness (QED) is 0.248. The van der Waals surface area contributed by atoms with Gasteiger partial charge in [-0.1, -0.05) is 57.8 Å². The highest BCUT2D eigenvalue weighted by atomic mass is 79.9. The normalized spacial score (nSPS) is 11.1. The van der Waals surface area contributed by atoms with Crippen LogP contribution >= 0.6 is 15.9 Å². The van der Waals surface area contributed by atoms with Gasteiger partial charge in [0.25, 0.3) is 4.70 Å². The summed E-state index contributed by atoms with van der Waals surface area (Å²) in [5.74, 6) is 6.03. The molecule has 0 amide bonds. The zero-order valence-electron chi connectivity index (χ0n) is 12.1. The lowest BCUT2D eigenvalue weighted by atomic mass is 10.1. The standard InChI is InChI=1S/C15H27BrO2/c1-4-5-6-7-8-9-10-11-12-13-14-15(16,17-2)18-3/h4-12H2,1-3H3. The number of halogens is 1. The van der Waals surface area contributed by atoms with Gasteiger partial charge in [0.2, 0.25) is 0 Å². The molecule has 0 N–H and O–H groups in total. The second-order valence-corrected chi connectivity index (χ2v) is 5.52. The average molecular weight is 319 g/mol. The first kappa shape index (κ1) is 18.0. The van der Waals surface area contributed by atoms with Gasteiger partial charge in [0.15, 0.2) is 0 Å². The number of methoxy groups -OCH3 is 2. The molecule has 0 atom stereocenters. The highest BCUT2D eigenvalue weighted by Crippen LogP contribution is 2.18. The van der Waals surface area contributed by atoms with E-state index in [0.717, 1.165) is 12.8 Å². The fourth-order valence-corrected chi connectivity index (χ4v) is 1.84. The molecule has 0 heterocycles. The first-order valence-electron chi connectivity index (χ1n) is 6.97. The van der Waals surface area contributed by atoms with Gasteiger partial charge in [0.1, 0.15) is 0 Å². The molecule has 0 aromatic heterocycles. The molecular formula is C15H27BrO2. The molecule has 0 spiro atoms. The summed E-state index contributed by atoms with van der Waals surface area (Å²) in [7, 11) is 3.15. The van der Waals surface area contributed by atoms with E-state index in [1.165, 1.54) is 44.9 Å². The van der Waals surface area contributed by atoms with Crippen molar-refractivity contribution in [1.29, 1.82) is 0 Å². The molecule has 0 saturated carbocycles. The van der Waals surface area contributed by atoms with Gasteiger partial charge in [-0.15, -0.1) is 0 Å². The van der Waals surface area contributed by atoms with Gasteiger partial charge in [-0.05, 0) is 28.3 Å². The predicted octanol–water partition coefficient (Wildman–Crippen LogP) is 4.86. The summed E-state index contributed by atoms with van der Waals surface area (Å²) in [4.78, 5) is 0. The number of hydrogen-bond donors (Lipinski definition) is 0. The van der Waals surface area contributed by atoms with E-state index < -0.39 is 4.70 Å². The van der Waals surface area contributed by atoms with Gasteiger partial charge in [-0.3, -0.25) is 0 Å². The minimum atomic E-state index is -0.923. The Labute approximate surface area is 121 Å². The maximum Gasteiger partial charge on any atom is 0.292 e. The first-order chi connectivity index (χ1) is 8.68. The Morgan fingerprint density at radius 3 is 1.89 bits per heavy atom. The number of rotatable bonds is 10. The third kappa shape index (κ3) is 9.94. The molecule has 3 heteroatoms. The molecule has 0 saturated heterocycles. The Morgan fingerprint density at radius 1 is 0.889 bits per heavy atom. The molecule has 0 rings (SSSR count). The molecule has 0 aliphatic heterocycles. The minimum Gasteiger partial charge on any atom is -0.334 e. The highest BCUT2D eigenvalue weighted by molar-refractivity contribution is 9.10. The van der Waals surface area contributed by atoms with E-state index in [4.69, 9.17) is 9.47 Å². The van der Waals surface area contributed by atoms with E-state index >= 15 is 0 Å². The van der Waals surface area contributed by atoms with Gasteiger partial charge in [-0.25, -0.2) is 0 Å². The second kappa shape index (κ2) is 12.0. The lowest BCUT2D eigenvalue weighted by molar-refractivity contribution is -0.0838. The van der Waals surface area contributed by atoms with Crippen LogP contribution in [0.1, 0.15) is 64.7 Å². The number of hydrogen-bond acceptors (Lipinski definition) is 2. The van der Waals surface area contributed by atoms with Gasteiger partial charge >= 0.3 is 0 Å². The van der Waals surface area contributed by atoms with Crippen LogP contribution in [0.15, 0.2) is 0 Å².